The molecule has 1 fully saturated rings. The highest BCUT2D eigenvalue weighted by Gasteiger charge is 2.26. The molecule has 1 unspecified atom stereocenters. The van der Waals surface area contributed by atoms with Crippen LogP contribution in [0.15, 0.2) is 41.3 Å². The Morgan fingerprint density at radius 1 is 1.21 bits per heavy atom. The van der Waals surface area contributed by atoms with E-state index in [1.807, 2.05) is 31.2 Å². The van der Waals surface area contributed by atoms with E-state index in [-0.39, 0.29) is 23.5 Å². The van der Waals surface area contributed by atoms with Gasteiger partial charge in [0.05, 0.1) is 5.52 Å². The minimum absolute atomic E-state index is 0.0342. The highest BCUT2D eigenvalue weighted by atomic mass is 16.2. The zero-order chi connectivity index (χ0) is 19.8. The standard InChI is InChI=1S/C20H21N5O3/c1-12-8-17(26)21-6-7-25(12)19(27)14-5-3-4-13(9-14)15-10-16-18(22-11-15)23-20(28)24(16)2/h3-5,9-12H,6-8H2,1-2H3,(H,21,26)(H,22,23,28). The van der Waals surface area contributed by atoms with E-state index in [4.69, 9.17) is 0 Å². The third-order valence-corrected chi connectivity index (χ3v) is 5.15. The fraction of sp³-hybridized carbons (Fsp3) is 0.300. The summed E-state index contributed by atoms with van der Waals surface area (Å²) in [4.78, 5) is 45.3. The number of hydrogen-bond donors (Lipinski definition) is 2. The monoisotopic (exact) mass is 379 g/mol. The number of rotatable bonds is 2. The Morgan fingerprint density at radius 2 is 2.04 bits per heavy atom. The van der Waals surface area contributed by atoms with Gasteiger partial charge in [-0.25, -0.2) is 9.78 Å². The molecule has 28 heavy (non-hydrogen) atoms. The van der Waals surface area contributed by atoms with Crippen LogP contribution < -0.4 is 11.0 Å². The van der Waals surface area contributed by atoms with Gasteiger partial charge < -0.3 is 10.2 Å². The van der Waals surface area contributed by atoms with Gasteiger partial charge in [-0.2, -0.15) is 0 Å². The summed E-state index contributed by atoms with van der Waals surface area (Å²) >= 11 is 0. The van der Waals surface area contributed by atoms with E-state index < -0.39 is 0 Å². The number of aromatic amines is 1. The van der Waals surface area contributed by atoms with E-state index in [0.717, 1.165) is 11.1 Å². The lowest BCUT2D eigenvalue weighted by Crippen LogP contribution is -2.39. The molecule has 0 saturated carbocycles. The van der Waals surface area contributed by atoms with Crippen LogP contribution >= 0.6 is 0 Å². The second-order valence-electron chi connectivity index (χ2n) is 7.06. The molecule has 0 spiro atoms. The molecule has 2 amide bonds. The van der Waals surface area contributed by atoms with E-state index in [2.05, 4.69) is 15.3 Å². The van der Waals surface area contributed by atoms with Crippen molar-refractivity contribution in [3.8, 4) is 11.1 Å². The number of carbonyl (C=O) groups is 2. The number of benzene rings is 1. The van der Waals surface area contributed by atoms with Crippen LogP contribution in [0.2, 0.25) is 0 Å². The quantitative estimate of drug-likeness (QED) is 0.700. The number of amides is 2. The van der Waals surface area contributed by atoms with E-state index in [9.17, 15) is 14.4 Å². The lowest BCUT2D eigenvalue weighted by molar-refractivity contribution is -0.121. The first-order chi connectivity index (χ1) is 13.4. The molecule has 2 aromatic heterocycles. The molecule has 3 aromatic rings. The first-order valence-electron chi connectivity index (χ1n) is 9.17. The van der Waals surface area contributed by atoms with Crippen LogP contribution in [0, 0.1) is 0 Å². The van der Waals surface area contributed by atoms with Crippen molar-refractivity contribution in [3.05, 3.63) is 52.6 Å². The first kappa shape index (κ1) is 18.0. The van der Waals surface area contributed by atoms with Crippen LogP contribution in [0.3, 0.4) is 0 Å². The molecule has 0 aliphatic carbocycles. The number of pyridine rings is 1. The van der Waals surface area contributed by atoms with Gasteiger partial charge >= 0.3 is 5.69 Å². The average Bonchev–Trinajstić information content (AvgIpc) is 2.86. The second-order valence-corrected chi connectivity index (χ2v) is 7.06. The predicted molar refractivity (Wildman–Crippen MR) is 105 cm³/mol. The van der Waals surface area contributed by atoms with Crippen molar-refractivity contribution in [2.45, 2.75) is 19.4 Å². The Bertz CT molecular complexity index is 1130. The third kappa shape index (κ3) is 3.17. The third-order valence-electron chi connectivity index (χ3n) is 5.15. The molecule has 1 aliphatic heterocycles. The number of fused-ring (bicyclic) bond motifs is 1. The lowest BCUT2D eigenvalue weighted by Gasteiger charge is -2.26. The molecular formula is C20H21N5O3. The maximum Gasteiger partial charge on any atom is 0.327 e. The van der Waals surface area contributed by atoms with Crippen molar-refractivity contribution in [2.24, 2.45) is 7.05 Å². The summed E-state index contributed by atoms with van der Waals surface area (Å²) in [7, 11) is 1.68. The van der Waals surface area contributed by atoms with E-state index in [1.165, 1.54) is 4.57 Å². The second kappa shape index (κ2) is 6.95. The minimum atomic E-state index is -0.220. The number of nitrogens with zero attached hydrogens (tertiary/aromatic N) is 3. The number of aromatic nitrogens is 3. The van der Waals surface area contributed by atoms with Crippen LogP contribution in [-0.2, 0) is 11.8 Å². The van der Waals surface area contributed by atoms with E-state index >= 15 is 0 Å². The van der Waals surface area contributed by atoms with Gasteiger partial charge in [0.25, 0.3) is 5.91 Å². The molecule has 1 aliphatic rings. The average molecular weight is 379 g/mol. The summed E-state index contributed by atoms with van der Waals surface area (Å²) < 4.78 is 1.50. The van der Waals surface area contributed by atoms with Gasteiger partial charge in [-0.15, -0.1) is 0 Å². The van der Waals surface area contributed by atoms with Crippen molar-refractivity contribution in [1.82, 2.24) is 24.8 Å². The van der Waals surface area contributed by atoms with E-state index in [1.54, 1.807) is 24.2 Å². The fourth-order valence-corrected chi connectivity index (χ4v) is 3.54. The van der Waals surface area contributed by atoms with E-state index in [0.29, 0.717) is 36.2 Å². The van der Waals surface area contributed by atoms with Gasteiger partial charge in [0, 0.05) is 49.9 Å². The maximum absolute atomic E-state index is 13.0. The molecule has 4 rings (SSSR count). The summed E-state index contributed by atoms with van der Waals surface area (Å²) in [6, 6.07) is 9.04. The molecule has 3 heterocycles. The van der Waals surface area contributed by atoms with Gasteiger partial charge in [-0.1, -0.05) is 12.1 Å². The number of aryl methyl sites for hydroxylation is 1. The number of carbonyl (C=O) groups excluding carboxylic acids is 2. The Kier molecular flexibility index (Phi) is 4.46. The SMILES string of the molecule is CC1CC(=O)NCCN1C(=O)c1cccc(-c2cnc3[nH]c(=O)n(C)c3c2)c1. The molecule has 144 valence electrons. The normalized spacial score (nSPS) is 17.4. The van der Waals surface area contributed by atoms with Crippen LogP contribution in [0.5, 0.6) is 0 Å². The smallest absolute Gasteiger partial charge is 0.327 e. The minimum Gasteiger partial charge on any atom is -0.354 e. The lowest BCUT2D eigenvalue weighted by atomic mass is 10.0. The van der Waals surface area contributed by atoms with Gasteiger partial charge in [-0.3, -0.25) is 19.1 Å². The number of H-pyrrole nitrogens is 1. The molecule has 8 nitrogen and oxygen atoms in total. The molecule has 8 heteroatoms. The van der Waals surface area contributed by atoms with Gasteiger partial charge in [0.1, 0.15) is 0 Å². The molecule has 2 N–H and O–H groups in total. The van der Waals surface area contributed by atoms with Crippen LogP contribution in [-0.4, -0.2) is 50.4 Å². The molecule has 0 bridgehead atoms. The number of nitrogens with one attached hydrogen (secondary N) is 2. The van der Waals surface area contributed by atoms with Crippen LogP contribution in [0.4, 0.5) is 0 Å². The number of hydrogen-bond acceptors (Lipinski definition) is 4. The molecule has 0 radical (unpaired) electrons. The van der Waals surface area contributed by atoms with Crippen molar-refractivity contribution < 1.29 is 9.59 Å². The number of imidazole rings is 1. The summed E-state index contributed by atoms with van der Waals surface area (Å²) in [5.74, 6) is -0.137. The zero-order valence-electron chi connectivity index (χ0n) is 15.7. The molecule has 1 saturated heterocycles. The Labute approximate surface area is 161 Å². The maximum atomic E-state index is 13.0. The van der Waals surface area contributed by atoms with Gasteiger partial charge in [-0.05, 0) is 30.7 Å². The van der Waals surface area contributed by atoms with Crippen molar-refractivity contribution in [1.29, 1.82) is 0 Å². The first-order valence-corrected chi connectivity index (χ1v) is 9.17. The van der Waals surface area contributed by atoms with Crippen molar-refractivity contribution in [2.75, 3.05) is 13.1 Å². The van der Waals surface area contributed by atoms with Crippen LogP contribution in [0.1, 0.15) is 23.7 Å². The highest BCUT2D eigenvalue weighted by Crippen LogP contribution is 2.23. The summed E-state index contributed by atoms with van der Waals surface area (Å²) in [5, 5.41) is 2.80. The molecule has 1 atom stereocenters. The Morgan fingerprint density at radius 3 is 2.86 bits per heavy atom. The summed E-state index contributed by atoms with van der Waals surface area (Å²) in [5.41, 5.74) is 3.22. The largest absolute Gasteiger partial charge is 0.354 e. The topological polar surface area (TPSA) is 100 Å². The molecular weight excluding hydrogens is 358 g/mol. The summed E-state index contributed by atoms with van der Waals surface area (Å²) in [6.45, 7) is 2.82. The summed E-state index contributed by atoms with van der Waals surface area (Å²) in [6.07, 6.45) is 1.98. The Balaban J connectivity index is 1.68. The Hall–Kier alpha value is -3.42. The zero-order valence-corrected chi connectivity index (χ0v) is 15.7. The van der Waals surface area contributed by atoms with Gasteiger partial charge in [0.15, 0.2) is 5.65 Å². The highest BCUT2D eigenvalue weighted by molar-refractivity contribution is 5.96. The fourth-order valence-electron chi connectivity index (χ4n) is 3.54. The molecule has 1 aromatic carbocycles. The van der Waals surface area contributed by atoms with Crippen molar-refractivity contribution >= 4 is 23.0 Å². The van der Waals surface area contributed by atoms with Crippen molar-refractivity contribution in [3.63, 3.8) is 0 Å². The van der Waals surface area contributed by atoms with Crippen LogP contribution in [0.25, 0.3) is 22.3 Å². The van der Waals surface area contributed by atoms with Gasteiger partial charge in [0.2, 0.25) is 5.91 Å². The predicted octanol–water partition coefficient (Wildman–Crippen LogP) is 1.28.